The number of anilines is 2. The minimum absolute atomic E-state index is 0.137. The van der Waals surface area contributed by atoms with Gasteiger partial charge in [0.25, 0.3) is 5.91 Å². The Kier molecular flexibility index (Phi) is 6.03. The smallest absolute Gasteiger partial charge is 0.416 e. The molecule has 2 aromatic carbocycles. The number of alkyl halides is 3. The van der Waals surface area contributed by atoms with E-state index in [4.69, 9.17) is 16.3 Å². The molecule has 0 atom stereocenters. The second-order valence-electron chi connectivity index (χ2n) is 6.67. The zero-order valence-corrected chi connectivity index (χ0v) is 16.0. The van der Waals surface area contributed by atoms with Crippen LogP contribution in [0.3, 0.4) is 0 Å². The van der Waals surface area contributed by atoms with Gasteiger partial charge in [0.15, 0.2) is 6.61 Å². The van der Waals surface area contributed by atoms with Gasteiger partial charge in [0.05, 0.1) is 16.9 Å². The number of ether oxygens (including phenoxy) is 1. The summed E-state index contributed by atoms with van der Waals surface area (Å²) in [6.45, 7) is 2.96. The number of aryl methyl sites for hydroxylation is 1. The van der Waals surface area contributed by atoms with E-state index in [0.29, 0.717) is 16.5 Å². The Hall–Kier alpha value is -2.41. The molecule has 4 nitrogen and oxygen atoms in total. The number of amides is 1. The third-order valence-electron chi connectivity index (χ3n) is 4.54. The molecule has 3 rings (SSSR count). The number of nitrogens with one attached hydrogen (secondary N) is 1. The second-order valence-corrected chi connectivity index (χ2v) is 7.11. The van der Waals surface area contributed by atoms with Gasteiger partial charge in [0.1, 0.15) is 5.75 Å². The monoisotopic (exact) mass is 412 g/mol. The van der Waals surface area contributed by atoms with Crippen LogP contribution in [0.5, 0.6) is 5.75 Å². The molecule has 0 aliphatic carbocycles. The van der Waals surface area contributed by atoms with Gasteiger partial charge in [-0.05, 0) is 61.7 Å². The van der Waals surface area contributed by atoms with Gasteiger partial charge in [-0.15, -0.1) is 0 Å². The van der Waals surface area contributed by atoms with Crippen molar-refractivity contribution in [3.8, 4) is 5.75 Å². The molecule has 0 bridgehead atoms. The van der Waals surface area contributed by atoms with Crippen molar-refractivity contribution in [2.75, 3.05) is 29.9 Å². The van der Waals surface area contributed by atoms with Gasteiger partial charge in [0.2, 0.25) is 0 Å². The normalized spacial score (nSPS) is 14.2. The highest BCUT2D eigenvalue weighted by atomic mass is 35.5. The Bertz CT molecular complexity index is 865. The lowest BCUT2D eigenvalue weighted by atomic mass is 10.1. The first-order chi connectivity index (χ1) is 13.2. The van der Waals surface area contributed by atoms with Gasteiger partial charge in [-0.1, -0.05) is 11.6 Å². The van der Waals surface area contributed by atoms with E-state index in [1.807, 2.05) is 4.90 Å². The summed E-state index contributed by atoms with van der Waals surface area (Å²) in [5, 5.41) is 3.12. The van der Waals surface area contributed by atoms with E-state index in [9.17, 15) is 18.0 Å². The molecule has 1 amide bonds. The van der Waals surface area contributed by atoms with Crippen LogP contribution < -0.4 is 15.0 Å². The van der Waals surface area contributed by atoms with E-state index in [1.165, 1.54) is 6.07 Å². The van der Waals surface area contributed by atoms with E-state index < -0.39 is 17.6 Å². The molecule has 1 saturated heterocycles. The lowest BCUT2D eigenvalue weighted by Gasteiger charge is -2.23. The Morgan fingerprint density at radius 1 is 1.18 bits per heavy atom. The Morgan fingerprint density at radius 3 is 2.54 bits per heavy atom. The highest BCUT2D eigenvalue weighted by Crippen LogP contribution is 2.36. The average Bonchev–Trinajstić information content (AvgIpc) is 3.14. The molecule has 0 saturated carbocycles. The summed E-state index contributed by atoms with van der Waals surface area (Å²) >= 11 is 5.89. The van der Waals surface area contributed by atoms with Crippen molar-refractivity contribution in [3.05, 3.63) is 52.5 Å². The SMILES string of the molecule is Cc1cc(Cl)ccc1OCC(=O)Nc1cc(C(F)(F)F)ccc1N1CCCC1. The maximum absolute atomic E-state index is 13.1. The van der Waals surface area contributed by atoms with E-state index in [2.05, 4.69) is 5.32 Å². The molecular formula is C20H20ClF3N2O2. The largest absolute Gasteiger partial charge is 0.483 e. The maximum atomic E-state index is 13.1. The van der Waals surface area contributed by atoms with Crippen LogP contribution in [0.15, 0.2) is 36.4 Å². The Morgan fingerprint density at radius 2 is 1.89 bits per heavy atom. The van der Waals surface area contributed by atoms with Gasteiger partial charge in [-0.3, -0.25) is 4.79 Å². The van der Waals surface area contributed by atoms with Crippen LogP contribution in [0.2, 0.25) is 5.02 Å². The molecule has 2 aromatic rings. The molecule has 0 spiro atoms. The summed E-state index contributed by atoms with van der Waals surface area (Å²) in [4.78, 5) is 14.3. The minimum Gasteiger partial charge on any atom is -0.483 e. The van der Waals surface area contributed by atoms with Crippen molar-refractivity contribution in [2.45, 2.75) is 25.9 Å². The van der Waals surface area contributed by atoms with E-state index in [-0.39, 0.29) is 12.3 Å². The van der Waals surface area contributed by atoms with Crippen molar-refractivity contribution >= 4 is 28.9 Å². The van der Waals surface area contributed by atoms with Gasteiger partial charge < -0.3 is 15.0 Å². The number of carbonyl (C=O) groups excluding carboxylic acids is 1. The van der Waals surface area contributed by atoms with Crippen molar-refractivity contribution in [2.24, 2.45) is 0 Å². The quantitative estimate of drug-likeness (QED) is 0.726. The molecule has 0 aromatic heterocycles. The molecule has 8 heteroatoms. The molecule has 1 fully saturated rings. The molecule has 0 radical (unpaired) electrons. The molecule has 1 heterocycles. The highest BCUT2D eigenvalue weighted by molar-refractivity contribution is 6.30. The zero-order chi connectivity index (χ0) is 20.3. The van der Waals surface area contributed by atoms with Crippen LogP contribution >= 0.6 is 11.6 Å². The third kappa shape index (κ3) is 4.90. The van der Waals surface area contributed by atoms with E-state index in [0.717, 1.165) is 43.6 Å². The highest BCUT2D eigenvalue weighted by Gasteiger charge is 2.32. The summed E-state index contributed by atoms with van der Waals surface area (Å²) in [6.07, 6.45) is -2.55. The second kappa shape index (κ2) is 8.31. The lowest BCUT2D eigenvalue weighted by molar-refractivity contribution is -0.137. The van der Waals surface area contributed by atoms with Crippen LogP contribution in [0.4, 0.5) is 24.5 Å². The lowest BCUT2D eigenvalue weighted by Crippen LogP contribution is -2.24. The number of hydrogen-bond acceptors (Lipinski definition) is 3. The van der Waals surface area contributed by atoms with Gasteiger partial charge >= 0.3 is 6.18 Å². The molecular weight excluding hydrogens is 393 g/mol. The number of carbonyl (C=O) groups is 1. The molecule has 1 aliphatic rings. The maximum Gasteiger partial charge on any atom is 0.416 e. The molecule has 1 N–H and O–H groups in total. The van der Waals surface area contributed by atoms with Gasteiger partial charge in [-0.25, -0.2) is 0 Å². The van der Waals surface area contributed by atoms with E-state index in [1.54, 1.807) is 25.1 Å². The van der Waals surface area contributed by atoms with Gasteiger partial charge in [-0.2, -0.15) is 13.2 Å². The first-order valence-electron chi connectivity index (χ1n) is 8.89. The number of hydrogen-bond donors (Lipinski definition) is 1. The third-order valence-corrected chi connectivity index (χ3v) is 4.78. The topological polar surface area (TPSA) is 41.6 Å². The van der Waals surface area contributed by atoms with Crippen LogP contribution in [-0.4, -0.2) is 25.6 Å². The van der Waals surface area contributed by atoms with Crippen molar-refractivity contribution in [1.82, 2.24) is 0 Å². The summed E-state index contributed by atoms with van der Waals surface area (Å²) in [6, 6.07) is 8.40. The predicted octanol–water partition coefficient (Wildman–Crippen LogP) is 5.28. The number of nitrogens with zero attached hydrogens (tertiary/aromatic N) is 1. The fourth-order valence-electron chi connectivity index (χ4n) is 3.15. The van der Waals surface area contributed by atoms with Crippen LogP contribution in [0.25, 0.3) is 0 Å². The number of benzene rings is 2. The first kappa shape index (κ1) is 20.3. The summed E-state index contributed by atoms with van der Waals surface area (Å²) < 4.78 is 44.8. The summed E-state index contributed by atoms with van der Waals surface area (Å²) in [5.41, 5.74) is 0.678. The van der Waals surface area contributed by atoms with Crippen molar-refractivity contribution < 1.29 is 22.7 Å². The minimum atomic E-state index is -4.49. The zero-order valence-electron chi connectivity index (χ0n) is 15.3. The number of rotatable bonds is 5. The Labute approximate surface area is 166 Å². The van der Waals surface area contributed by atoms with Crippen molar-refractivity contribution in [1.29, 1.82) is 0 Å². The fraction of sp³-hybridized carbons (Fsp3) is 0.350. The number of halogens is 4. The van der Waals surface area contributed by atoms with Crippen molar-refractivity contribution in [3.63, 3.8) is 0 Å². The predicted molar refractivity (Wildman–Crippen MR) is 103 cm³/mol. The van der Waals surface area contributed by atoms with E-state index >= 15 is 0 Å². The standard InChI is InChI=1S/C20H20ClF3N2O2/c1-13-10-15(21)5-7-18(13)28-12-19(27)25-16-11-14(20(22,23)24)4-6-17(16)26-8-2-3-9-26/h4-7,10-11H,2-3,8-9,12H2,1H3,(H,25,27). The van der Waals surface area contributed by atoms with Crippen LogP contribution in [0, 0.1) is 6.92 Å². The first-order valence-corrected chi connectivity index (χ1v) is 9.27. The molecule has 150 valence electrons. The van der Waals surface area contributed by atoms with Gasteiger partial charge in [0, 0.05) is 18.1 Å². The summed E-state index contributed by atoms with van der Waals surface area (Å²) in [5.74, 6) is -0.0440. The van der Waals surface area contributed by atoms with Crippen LogP contribution in [-0.2, 0) is 11.0 Å². The summed E-state index contributed by atoms with van der Waals surface area (Å²) in [7, 11) is 0. The average molecular weight is 413 g/mol. The Balaban J connectivity index is 1.75. The molecule has 28 heavy (non-hydrogen) atoms. The van der Waals surface area contributed by atoms with Crippen LogP contribution in [0.1, 0.15) is 24.0 Å². The molecule has 0 unspecified atom stereocenters. The fourth-order valence-corrected chi connectivity index (χ4v) is 3.38. The molecule has 1 aliphatic heterocycles.